The number of piperidine rings is 1. The highest BCUT2D eigenvalue weighted by Gasteiger charge is 2.36. The van der Waals surface area contributed by atoms with Gasteiger partial charge < -0.3 is 9.80 Å². The van der Waals surface area contributed by atoms with Crippen LogP contribution in [-0.2, 0) is 4.79 Å². The first-order valence-corrected chi connectivity index (χ1v) is 10.4. The monoisotopic (exact) mass is 386 g/mol. The van der Waals surface area contributed by atoms with Crippen LogP contribution in [0.4, 0.5) is 4.39 Å². The number of thiophene rings is 1. The second-order valence-corrected chi connectivity index (χ2v) is 8.26. The molecule has 2 aliphatic rings. The smallest absolute Gasteiger partial charge is 0.253 e. The Balaban J connectivity index is 1.36. The minimum Gasteiger partial charge on any atom is -0.339 e. The quantitative estimate of drug-likeness (QED) is 0.797. The number of carbonyl (C=O) groups is 2. The van der Waals surface area contributed by atoms with E-state index in [0.717, 1.165) is 19.4 Å². The van der Waals surface area contributed by atoms with Crippen LogP contribution in [0.25, 0.3) is 0 Å². The lowest BCUT2D eigenvalue weighted by Crippen LogP contribution is -2.44. The summed E-state index contributed by atoms with van der Waals surface area (Å²) in [5.41, 5.74) is 0.499. The number of hydrogen-bond acceptors (Lipinski definition) is 3. The van der Waals surface area contributed by atoms with E-state index in [4.69, 9.17) is 0 Å². The molecular formula is C21H23FN2O2S. The number of benzene rings is 1. The largest absolute Gasteiger partial charge is 0.339 e. The molecule has 0 bridgehead atoms. The summed E-state index contributed by atoms with van der Waals surface area (Å²) in [6, 6.07) is 10.0. The molecule has 4 nitrogen and oxygen atoms in total. The van der Waals surface area contributed by atoms with Crippen molar-refractivity contribution in [1.29, 1.82) is 0 Å². The first-order valence-electron chi connectivity index (χ1n) is 9.52. The normalized spacial score (nSPS) is 20.9. The SMILES string of the molecule is O=C(c1ccc(F)cc1)N1CCC(C(=O)N2CCCC2c2cccs2)CC1. The predicted octanol–water partition coefficient (Wildman–Crippen LogP) is 4.10. The minimum atomic E-state index is -0.346. The van der Waals surface area contributed by atoms with E-state index in [1.54, 1.807) is 16.2 Å². The van der Waals surface area contributed by atoms with Gasteiger partial charge in [-0.15, -0.1) is 11.3 Å². The molecule has 6 heteroatoms. The van der Waals surface area contributed by atoms with Crippen molar-refractivity contribution in [3.63, 3.8) is 0 Å². The van der Waals surface area contributed by atoms with E-state index in [0.29, 0.717) is 31.5 Å². The van der Waals surface area contributed by atoms with Crippen LogP contribution in [0.15, 0.2) is 41.8 Å². The van der Waals surface area contributed by atoms with Crippen LogP contribution < -0.4 is 0 Å². The Morgan fingerprint density at radius 2 is 1.74 bits per heavy atom. The molecule has 1 atom stereocenters. The molecule has 0 spiro atoms. The summed E-state index contributed by atoms with van der Waals surface area (Å²) in [6.45, 7) is 1.98. The summed E-state index contributed by atoms with van der Waals surface area (Å²) in [7, 11) is 0. The maximum atomic E-state index is 13.1. The van der Waals surface area contributed by atoms with Crippen LogP contribution in [0.3, 0.4) is 0 Å². The van der Waals surface area contributed by atoms with Gasteiger partial charge in [0.1, 0.15) is 5.82 Å². The standard InChI is InChI=1S/C21H23FN2O2S/c22-17-7-5-15(6-8-17)20(25)23-12-9-16(10-13-23)21(26)24-11-1-3-18(24)19-4-2-14-27-19/h2,4-8,14,16,18H,1,3,9-13H2. The van der Waals surface area contributed by atoms with Crippen molar-refractivity contribution < 1.29 is 14.0 Å². The Labute approximate surface area is 162 Å². The maximum Gasteiger partial charge on any atom is 0.253 e. The summed E-state index contributed by atoms with van der Waals surface area (Å²) in [5.74, 6) is -0.206. The van der Waals surface area contributed by atoms with Crippen molar-refractivity contribution in [2.45, 2.75) is 31.7 Å². The summed E-state index contributed by atoms with van der Waals surface area (Å²) in [5, 5.41) is 2.07. The van der Waals surface area contributed by atoms with Gasteiger partial charge in [-0.25, -0.2) is 4.39 Å². The van der Waals surface area contributed by atoms with Gasteiger partial charge in [0, 0.05) is 36.0 Å². The third-order valence-electron chi connectivity index (χ3n) is 5.63. The van der Waals surface area contributed by atoms with Gasteiger partial charge in [0.2, 0.25) is 5.91 Å². The fourth-order valence-corrected chi connectivity index (χ4v) is 5.02. The van der Waals surface area contributed by atoms with E-state index in [-0.39, 0.29) is 29.6 Å². The van der Waals surface area contributed by atoms with Crippen LogP contribution in [0, 0.1) is 11.7 Å². The molecule has 0 N–H and O–H groups in total. The molecule has 1 aromatic heterocycles. The fourth-order valence-electron chi connectivity index (χ4n) is 4.15. The fraction of sp³-hybridized carbons (Fsp3) is 0.429. The van der Waals surface area contributed by atoms with Gasteiger partial charge in [-0.1, -0.05) is 6.07 Å². The van der Waals surface area contributed by atoms with Crippen LogP contribution in [0.1, 0.15) is 47.0 Å². The van der Waals surface area contributed by atoms with Crippen molar-refractivity contribution in [2.24, 2.45) is 5.92 Å². The lowest BCUT2D eigenvalue weighted by atomic mass is 9.94. The van der Waals surface area contributed by atoms with E-state index < -0.39 is 0 Å². The molecule has 2 fully saturated rings. The molecule has 0 saturated carbocycles. The molecule has 142 valence electrons. The Morgan fingerprint density at radius 1 is 1.00 bits per heavy atom. The Bertz CT molecular complexity index is 798. The van der Waals surface area contributed by atoms with Crippen molar-refractivity contribution in [2.75, 3.05) is 19.6 Å². The molecule has 3 heterocycles. The highest BCUT2D eigenvalue weighted by molar-refractivity contribution is 7.10. The zero-order valence-electron chi connectivity index (χ0n) is 15.1. The second kappa shape index (κ2) is 7.80. The van der Waals surface area contributed by atoms with Gasteiger partial charge in [-0.3, -0.25) is 9.59 Å². The summed E-state index contributed by atoms with van der Waals surface area (Å²) in [4.78, 5) is 30.7. The topological polar surface area (TPSA) is 40.6 Å². The van der Waals surface area contributed by atoms with E-state index in [2.05, 4.69) is 11.4 Å². The minimum absolute atomic E-state index is 0.0113. The molecular weight excluding hydrogens is 363 g/mol. The zero-order valence-corrected chi connectivity index (χ0v) is 16.0. The van der Waals surface area contributed by atoms with Crippen molar-refractivity contribution in [3.8, 4) is 0 Å². The summed E-state index contributed by atoms with van der Waals surface area (Å²) in [6.07, 6.45) is 3.48. The van der Waals surface area contributed by atoms with Gasteiger partial charge in [0.25, 0.3) is 5.91 Å². The van der Waals surface area contributed by atoms with E-state index >= 15 is 0 Å². The van der Waals surface area contributed by atoms with E-state index in [1.807, 2.05) is 11.0 Å². The number of halogens is 1. The lowest BCUT2D eigenvalue weighted by molar-refractivity contribution is -0.137. The first kappa shape index (κ1) is 18.2. The maximum absolute atomic E-state index is 13.1. The Kier molecular flexibility index (Phi) is 5.25. The van der Waals surface area contributed by atoms with Gasteiger partial charge in [0.05, 0.1) is 6.04 Å². The van der Waals surface area contributed by atoms with Crippen molar-refractivity contribution in [1.82, 2.24) is 9.80 Å². The molecule has 0 aliphatic carbocycles. The predicted molar refractivity (Wildman–Crippen MR) is 103 cm³/mol. The third kappa shape index (κ3) is 3.76. The molecule has 4 rings (SSSR count). The van der Waals surface area contributed by atoms with Crippen LogP contribution in [0.5, 0.6) is 0 Å². The van der Waals surface area contributed by atoms with Gasteiger partial charge in [-0.2, -0.15) is 0 Å². The molecule has 2 aromatic rings. The molecule has 0 radical (unpaired) electrons. The van der Waals surface area contributed by atoms with Crippen molar-refractivity contribution >= 4 is 23.2 Å². The number of hydrogen-bond donors (Lipinski definition) is 0. The van der Waals surface area contributed by atoms with Gasteiger partial charge >= 0.3 is 0 Å². The summed E-state index contributed by atoms with van der Waals surface area (Å²) < 4.78 is 13.0. The molecule has 1 unspecified atom stereocenters. The average molecular weight is 386 g/mol. The lowest BCUT2D eigenvalue weighted by Gasteiger charge is -2.34. The second-order valence-electron chi connectivity index (χ2n) is 7.28. The molecule has 2 amide bonds. The number of likely N-dealkylation sites (tertiary alicyclic amines) is 2. The zero-order chi connectivity index (χ0) is 18.8. The number of carbonyl (C=O) groups excluding carboxylic acids is 2. The highest BCUT2D eigenvalue weighted by atomic mass is 32.1. The van der Waals surface area contributed by atoms with Gasteiger partial charge in [-0.05, 0) is 61.4 Å². The highest BCUT2D eigenvalue weighted by Crippen LogP contribution is 2.36. The van der Waals surface area contributed by atoms with Gasteiger partial charge in [0.15, 0.2) is 0 Å². The molecule has 1 aromatic carbocycles. The molecule has 2 saturated heterocycles. The number of rotatable bonds is 3. The number of amides is 2. The first-order chi connectivity index (χ1) is 13.1. The van der Waals surface area contributed by atoms with Crippen LogP contribution in [0.2, 0.25) is 0 Å². The Hall–Kier alpha value is -2.21. The average Bonchev–Trinajstić information content (AvgIpc) is 3.39. The van der Waals surface area contributed by atoms with Crippen molar-refractivity contribution in [3.05, 3.63) is 58.0 Å². The van der Waals surface area contributed by atoms with E-state index in [9.17, 15) is 14.0 Å². The molecule has 27 heavy (non-hydrogen) atoms. The van der Waals surface area contributed by atoms with E-state index in [1.165, 1.54) is 29.1 Å². The van der Waals surface area contributed by atoms with Crippen LogP contribution in [-0.4, -0.2) is 41.2 Å². The summed E-state index contributed by atoms with van der Waals surface area (Å²) >= 11 is 1.72. The third-order valence-corrected chi connectivity index (χ3v) is 6.60. The van der Waals surface area contributed by atoms with Crippen LogP contribution >= 0.6 is 11.3 Å². The molecule has 2 aliphatic heterocycles. The Morgan fingerprint density at radius 3 is 2.41 bits per heavy atom. The number of nitrogens with zero attached hydrogens (tertiary/aromatic N) is 2.